The van der Waals surface area contributed by atoms with Crippen LogP contribution in [0.3, 0.4) is 0 Å². The number of aromatic nitrogens is 3. The van der Waals surface area contributed by atoms with Gasteiger partial charge in [-0.15, -0.1) is 11.3 Å². The molecule has 0 radical (unpaired) electrons. The van der Waals surface area contributed by atoms with Crippen molar-refractivity contribution in [3.8, 4) is 83.8 Å². The summed E-state index contributed by atoms with van der Waals surface area (Å²) in [5.41, 5.74) is 23.0. The van der Waals surface area contributed by atoms with E-state index in [2.05, 4.69) is 329 Å². The summed E-state index contributed by atoms with van der Waals surface area (Å²) in [6.07, 6.45) is 0. The van der Waals surface area contributed by atoms with Crippen molar-refractivity contribution in [2.75, 3.05) is 0 Å². The summed E-state index contributed by atoms with van der Waals surface area (Å²) in [5.74, 6) is 0. The quantitative estimate of drug-likeness (QED) is 0.128. The first-order valence-electron chi connectivity index (χ1n) is 30.6. The van der Waals surface area contributed by atoms with Gasteiger partial charge in [0.05, 0.1) is 61.4 Å². The van der Waals surface area contributed by atoms with Crippen LogP contribution < -0.4 is 0 Å². The molecule has 0 aliphatic carbocycles. The van der Waals surface area contributed by atoms with Gasteiger partial charge in [0, 0.05) is 47.8 Å². The molecule has 0 saturated carbocycles. The van der Waals surface area contributed by atoms with Crippen LogP contribution in [0.25, 0.3) is 174 Å². The molecule has 0 atom stereocenters. The van der Waals surface area contributed by atoms with Gasteiger partial charge in [-0.3, -0.25) is 0 Å². The van der Waals surface area contributed by atoms with Crippen LogP contribution in [0.15, 0.2) is 315 Å². The second kappa shape index (κ2) is 20.7. The van der Waals surface area contributed by atoms with Crippen LogP contribution in [0.5, 0.6) is 0 Å². The van der Waals surface area contributed by atoms with Gasteiger partial charge in [-0.1, -0.05) is 237 Å². The van der Waals surface area contributed by atoms with Gasteiger partial charge in [0.1, 0.15) is 0 Å². The standard InChI is InChI=1S/C85H52N4S/c1-86-81-82(87-73-42-36-60(54-22-8-2-9-23-54)48-67(73)68-49-61(37-43-74(68)87)55-24-10-3-11-25-55)80-66-34-20-21-35-79(66)90-85(80)84(89-77-46-40-64(58-30-16-6-17-31-58)52-71(77)72-53-65(41-47-78(72)89)59-32-18-7-19-33-59)83(81)88-75-44-38-62(56-26-12-4-13-27-56)50-69(75)70-51-63(39-45-76(70)88)57-28-14-5-15-29-57/h2-53H. The van der Waals surface area contributed by atoms with E-state index in [0.29, 0.717) is 5.69 Å². The first-order chi connectivity index (χ1) is 44.6. The van der Waals surface area contributed by atoms with Crippen molar-refractivity contribution in [2.45, 2.75) is 0 Å². The third-order valence-electron chi connectivity index (χ3n) is 18.4. The summed E-state index contributed by atoms with van der Waals surface area (Å²) in [6.45, 7) is 10.2. The van der Waals surface area contributed by atoms with E-state index < -0.39 is 0 Å². The average molecular weight is 1160 g/mol. The number of hydrogen-bond acceptors (Lipinski definition) is 1. The molecule has 5 heteroatoms. The lowest BCUT2D eigenvalue weighted by molar-refractivity contribution is 1.10. The minimum atomic E-state index is 0.550. The topological polar surface area (TPSA) is 19.1 Å². The van der Waals surface area contributed by atoms with Crippen molar-refractivity contribution in [1.29, 1.82) is 0 Å². The fraction of sp³-hybridized carbons (Fsp3) is 0. The number of fused-ring (bicyclic) bond motifs is 12. The highest BCUT2D eigenvalue weighted by Gasteiger charge is 2.32. The molecule has 0 aliphatic heterocycles. The van der Waals surface area contributed by atoms with Crippen molar-refractivity contribution < 1.29 is 0 Å². The number of thiophene rings is 1. The second-order valence-electron chi connectivity index (χ2n) is 23.4. The zero-order chi connectivity index (χ0) is 59.4. The van der Waals surface area contributed by atoms with Gasteiger partial charge in [-0.05, 0) is 146 Å². The van der Waals surface area contributed by atoms with E-state index in [1.807, 2.05) is 11.3 Å². The minimum absolute atomic E-state index is 0.550. The molecule has 418 valence electrons. The first-order valence-corrected chi connectivity index (χ1v) is 31.4. The highest BCUT2D eigenvalue weighted by Crippen LogP contribution is 2.55. The molecule has 90 heavy (non-hydrogen) atoms. The highest BCUT2D eigenvalue weighted by molar-refractivity contribution is 7.26. The number of hydrogen-bond donors (Lipinski definition) is 0. The van der Waals surface area contributed by atoms with Crippen molar-refractivity contribution in [1.82, 2.24) is 13.7 Å². The van der Waals surface area contributed by atoms with E-state index in [1.54, 1.807) is 0 Å². The Morgan fingerprint density at radius 2 is 0.489 bits per heavy atom. The fourth-order valence-corrected chi connectivity index (χ4v) is 15.5. The van der Waals surface area contributed by atoms with Crippen LogP contribution in [0.4, 0.5) is 5.69 Å². The number of rotatable bonds is 9. The predicted molar refractivity (Wildman–Crippen MR) is 381 cm³/mol. The Labute approximate surface area is 523 Å². The summed E-state index contributed by atoms with van der Waals surface area (Å²) in [7, 11) is 0. The summed E-state index contributed by atoms with van der Waals surface area (Å²) in [4.78, 5) is 5.04. The molecular weight excluding hydrogens is 1110 g/mol. The second-order valence-corrected chi connectivity index (χ2v) is 24.5. The first kappa shape index (κ1) is 51.4. The van der Waals surface area contributed by atoms with Gasteiger partial charge in [-0.2, -0.15) is 0 Å². The molecule has 4 heterocycles. The van der Waals surface area contributed by atoms with Crippen LogP contribution in [0.1, 0.15) is 0 Å². The van der Waals surface area contributed by atoms with E-state index in [0.717, 1.165) is 169 Å². The van der Waals surface area contributed by atoms with E-state index >= 15 is 0 Å². The lowest BCUT2D eigenvalue weighted by atomic mass is 10.0. The van der Waals surface area contributed by atoms with Crippen molar-refractivity contribution >= 4 is 103 Å². The molecule has 0 amide bonds. The predicted octanol–water partition coefficient (Wildman–Crippen LogP) is 23.9. The summed E-state index contributed by atoms with van der Waals surface area (Å²) in [6, 6.07) is 115. The van der Waals surface area contributed by atoms with Crippen LogP contribution in [0.2, 0.25) is 0 Å². The molecule has 0 aliphatic rings. The van der Waals surface area contributed by atoms with E-state index in [1.165, 1.54) is 0 Å². The molecule has 0 bridgehead atoms. The van der Waals surface area contributed by atoms with Gasteiger partial charge in [0.25, 0.3) is 0 Å². The van der Waals surface area contributed by atoms with Gasteiger partial charge in [0.2, 0.25) is 5.69 Å². The summed E-state index contributed by atoms with van der Waals surface area (Å²) < 4.78 is 9.63. The van der Waals surface area contributed by atoms with Crippen LogP contribution >= 0.6 is 11.3 Å². The average Bonchev–Trinajstić information content (AvgIpc) is 1.51. The third kappa shape index (κ3) is 8.06. The Hall–Kier alpha value is -11.8. The van der Waals surface area contributed by atoms with Crippen LogP contribution in [-0.2, 0) is 0 Å². The summed E-state index contributed by atoms with van der Waals surface area (Å²) >= 11 is 1.82. The number of nitrogens with zero attached hydrogens (tertiary/aromatic N) is 4. The molecule has 4 nitrogen and oxygen atoms in total. The van der Waals surface area contributed by atoms with Gasteiger partial charge in [-0.25, -0.2) is 4.85 Å². The summed E-state index contributed by atoms with van der Waals surface area (Å²) in [5, 5.41) is 8.83. The smallest absolute Gasteiger partial charge is 0.236 e. The van der Waals surface area contributed by atoms with Crippen molar-refractivity contribution in [3.05, 3.63) is 327 Å². The maximum atomic E-state index is 10.2. The van der Waals surface area contributed by atoms with E-state index in [9.17, 15) is 6.57 Å². The monoisotopic (exact) mass is 1160 g/mol. The molecule has 0 fully saturated rings. The van der Waals surface area contributed by atoms with Gasteiger partial charge < -0.3 is 13.7 Å². The normalized spacial score (nSPS) is 11.8. The zero-order valence-electron chi connectivity index (χ0n) is 48.7. The Balaban J connectivity index is 1.05. The van der Waals surface area contributed by atoms with E-state index in [-0.39, 0.29) is 0 Å². The fourth-order valence-electron chi connectivity index (χ4n) is 14.3. The largest absolute Gasteiger partial charge is 0.318 e. The molecule has 4 aromatic heterocycles. The van der Waals surface area contributed by atoms with E-state index in [4.69, 9.17) is 4.85 Å². The lowest BCUT2D eigenvalue weighted by Crippen LogP contribution is -2.07. The Morgan fingerprint density at radius 1 is 0.233 bits per heavy atom. The maximum Gasteiger partial charge on any atom is 0.236 e. The highest BCUT2D eigenvalue weighted by atomic mass is 32.1. The third-order valence-corrected chi connectivity index (χ3v) is 19.6. The lowest BCUT2D eigenvalue weighted by Gasteiger charge is -2.23. The molecule has 18 rings (SSSR count). The SMILES string of the molecule is [C-]#[N+]c1c(-n2c3ccc(-c4ccccc4)cc3c3cc(-c4ccccc4)ccc32)c(-n2c3ccc(-c4ccccc4)cc3c3cc(-c4ccccc4)ccc32)c2sc3ccccc3c2c1-n1c2ccc(-c3ccccc3)cc2c2cc(-c3ccccc3)ccc21. The molecule has 18 aromatic rings. The Bertz CT molecular complexity index is 5640. The Morgan fingerprint density at radius 3 is 0.778 bits per heavy atom. The number of benzene rings is 14. The molecule has 0 saturated heterocycles. The molecule has 0 unspecified atom stereocenters. The van der Waals surface area contributed by atoms with Gasteiger partial charge >= 0.3 is 0 Å². The molecule has 14 aromatic carbocycles. The van der Waals surface area contributed by atoms with Crippen LogP contribution in [-0.4, -0.2) is 13.7 Å². The molecule has 0 N–H and O–H groups in total. The maximum absolute atomic E-state index is 10.2. The van der Waals surface area contributed by atoms with Crippen molar-refractivity contribution in [2.24, 2.45) is 0 Å². The van der Waals surface area contributed by atoms with Gasteiger partial charge in [0.15, 0.2) is 0 Å². The molecule has 0 spiro atoms. The Kier molecular flexibility index (Phi) is 11.8. The zero-order valence-corrected chi connectivity index (χ0v) is 49.5. The molecular formula is C85H52N4S. The van der Waals surface area contributed by atoms with Crippen molar-refractivity contribution in [3.63, 3.8) is 0 Å². The van der Waals surface area contributed by atoms with Crippen LogP contribution in [0, 0.1) is 6.57 Å². The minimum Gasteiger partial charge on any atom is -0.318 e.